The van der Waals surface area contributed by atoms with Crippen molar-refractivity contribution in [3.05, 3.63) is 27.1 Å². The number of alkyl halides is 3. The lowest BCUT2D eigenvalue weighted by atomic mass is 10.2. The molecule has 0 aliphatic heterocycles. The Kier molecular flexibility index (Phi) is 5.09. The Morgan fingerprint density at radius 1 is 1.40 bits per heavy atom. The Morgan fingerprint density at radius 2 is 2.00 bits per heavy atom. The predicted octanol–water partition coefficient (Wildman–Crippen LogP) is 2.01. The van der Waals surface area contributed by atoms with Crippen LogP contribution in [0.5, 0.6) is 0 Å². The van der Waals surface area contributed by atoms with Crippen LogP contribution in [0.15, 0.2) is 4.79 Å². The first kappa shape index (κ1) is 16.4. The van der Waals surface area contributed by atoms with Gasteiger partial charge < -0.3 is 5.11 Å². The molecule has 0 spiro atoms. The van der Waals surface area contributed by atoms with Gasteiger partial charge in [-0.3, -0.25) is 14.2 Å². The summed E-state index contributed by atoms with van der Waals surface area (Å²) in [5.74, 6) is -3.19. The molecule has 0 aromatic carbocycles. The molecule has 10 heteroatoms. The zero-order valence-electron chi connectivity index (χ0n) is 9.88. The maximum atomic E-state index is 13.2. The molecule has 0 atom stereocenters. The molecule has 0 aliphatic carbocycles. The lowest BCUT2D eigenvalue weighted by molar-refractivity contribution is -0.138. The van der Waals surface area contributed by atoms with Crippen LogP contribution in [0, 0.1) is 5.82 Å². The Balaban J connectivity index is 3.04. The third-order valence-corrected chi connectivity index (χ3v) is 2.56. The number of nitrogens with zero attached hydrogens (tertiary/aromatic N) is 2. The van der Waals surface area contributed by atoms with E-state index in [4.69, 9.17) is 16.7 Å². The Morgan fingerprint density at radius 3 is 2.50 bits per heavy atom. The fourth-order valence-electron chi connectivity index (χ4n) is 1.48. The van der Waals surface area contributed by atoms with Crippen molar-refractivity contribution >= 4 is 17.6 Å². The van der Waals surface area contributed by atoms with Crippen LogP contribution in [0.2, 0.25) is 5.15 Å². The highest BCUT2D eigenvalue weighted by Crippen LogP contribution is 2.22. The molecule has 1 aromatic heterocycles. The summed E-state index contributed by atoms with van der Waals surface area (Å²) < 4.78 is 49.8. The van der Waals surface area contributed by atoms with Crippen LogP contribution in [0.25, 0.3) is 0 Å². The van der Waals surface area contributed by atoms with E-state index < -0.39 is 48.1 Å². The molecule has 20 heavy (non-hydrogen) atoms. The van der Waals surface area contributed by atoms with Gasteiger partial charge in [0.1, 0.15) is 12.4 Å². The summed E-state index contributed by atoms with van der Waals surface area (Å²) >= 11 is 5.33. The number of hydrogen-bond acceptors (Lipinski definition) is 3. The van der Waals surface area contributed by atoms with E-state index in [2.05, 4.69) is 4.98 Å². The van der Waals surface area contributed by atoms with Gasteiger partial charge in [0.25, 0.3) is 5.56 Å². The number of carboxylic acids is 1. The summed E-state index contributed by atoms with van der Waals surface area (Å²) in [6, 6.07) is 0. The lowest BCUT2D eigenvalue weighted by Gasteiger charge is -2.11. The molecule has 0 fully saturated rings. The third kappa shape index (κ3) is 4.48. The summed E-state index contributed by atoms with van der Waals surface area (Å²) in [4.78, 5) is 25.5. The minimum absolute atomic E-state index is 0.298. The van der Waals surface area contributed by atoms with Crippen LogP contribution in [0.4, 0.5) is 17.6 Å². The van der Waals surface area contributed by atoms with Crippen molar-refractivity contribution in [2.24, 2.45) is 0 Å². The van der Waals surface area contributed by atoms with Crippen LogP contribution < -0.4 is 5.56 Å². The molecular weight excluding hydrogens is 308 g/mol. The predicted molar refractivity (Wildman–Crippen MR) is 60.1 cm³/mol. The topological polar surface area (TPSA) is 72.2 Å². The van der Waals surface area contributed by atoms with Crippen LogP contribution in [-0.4, -0.2) is 26.8 Å². The zero-order chi connectivity index (χ0) is 15.5. The maximum absolute atomic E-state index is 13.2. The first-order valence-electron chi connectivity index (χ1n) is 5.35. The minimum atomic E-state index is -4.39. The highest BCUT2D eigenvalue weighted by atomic mass is 35.5. The molecule has 5 nitrogen and oxygen atoms in total. The summed E-state index contributed by atoms with van der Waals surface area (Å²) in [5, 5.41) is 7.81. The number of aryl methyl sites for hydroxylation is 1. The van der Waals surface area contributed by atoms with Crippen molar-refractivity contribution in [2.75, 3.05) is 0 Å². The van der Waals surface area contributed by atoms with Gasteiger partial charge in [0.15, 0.2) is 5.15 Å². The SMILES string of the molecule is O=C(O)Cn1c(CCCC(F)(F)F)nc(Cl)c(F)c1=O. The van der Waals surface area contributed by atoms with E-state index >= 15 is 0 Å². The summed E-state index contributed by atoms with van der Waals surface area (Å²) in [7, 11) is 0. The number of halogens is 5. The first-order chi connectivity index (χ1) is 9.11. The van der Waals surface area contributed by atoms with E-state index in [-0.39, 0.29) is 12.2 Å². The average Bonchev–Trinajstić information content (AvgIpc) is 2.29. The van der Waals surface area contributed by atoms with Gasteiger partial charge in [0, 0.05) is 12.8 Å². The molecule has 0 saturated carbocycles. The van der Waals surface area contributed by atoms with Crippen molar-refractivity contribution in [1.29, 1.82) is 0 Å². The smallest absolute Gasteiger partial charge is 0.389 e. The van der Waals surface area contributed by atoms with Gasteiger partial charge in [-0.05, 0) is 6.42 Å². The minimum Gasteiger partial charge on any atom is -0.480 e. The van der Waals surface area contributed by atoms with Crippen molar-refractivity contribution < 1.29 is 27.5 Å². The fourth-order valence-corrected chi connectivity index (χ4v) is 1.66. The van der Waals surface area contributed by atoms with Gasteiger partial charge in [-0.25, -0.2) is 4.98 Å². The molecule has 0 bridgehead atoms. The fraction of sp³-hybridized carbons (Fsp3) is 0.500. The van der Waals surface area contributed by atoms with Gasteiger partial charge >= 0.3 is 12.1 Å². The molecule has 0 saturated heterocycles. The monoisotopic (exact) mass is 316 g/mol. The normalized spacial score (nSPS) is 11.7. The lowest BCUT2D eigenvalue weighted by Crippen LogP contribution is -2.31. The van der Waals surface area contributed by atoms with E-state index in [1.807, 2.05) is 0 Å². The second-order valence-corrected chi connectivity index (χ2v) is 4.24. The van der Waals surface area contributed by atoms with E-state index in [0.717, 1.165) is 0 Å². The molecule has 1 N–H and O–H groups in total. The van der Waals surface area contributed by atoms with E-state index in [0.29, 0.717) is 4.57 Å². The number of carbonyl (C=O) groups is 1. The standard InChI is InChI=1S/C10H9ClF4N2O3/c11-8-7(12)9(20)17(4-6(18)19)5(16-8)2-1-3-10(13,14)15/h1-4H2,(H,18,19). The molecule has 0 amide bonds. The van der Waals surface area contributed by atoms with Gasteiger partial charge in [-0.15, -0.1) is 0 Å². The largest absolute Gasteiger partial charge is 0.480 e. The third-order valence-electron chi connectivity index (χ3n) is 2.31. The Hall–Kier alpha value is -1.64. The van der Waals surface area contributed by atoms with Crippen molar-refractivity contribution in [2.45, 2.75) is 32.0 Å². The highest BCUT2D eigenvalue weighted by Gasteiger charge is 2.27. The Bertz CT molecular complexity index is 571. The molecule has 0 aliphatic rings. The van der Waals surface area contributed by atoms with E-state index in [9.17, 15) is 27.2 Å². The van der Waals surface area contributed by atoms with Crippen LogP contribution in [0.3, 0.4) is 0 Å². The molecule has 1 aromatic rings. The Labute approximate surface area is 114 Å². The first-order valence-corrected chi connectivity index (χ1v) is 5.73. The maximum Gasteiger partial charge on any atom is 0.389 e. The zero-order valence-corrected chi connectivity index (χ0v) is 10.6. The second-order valence-electron chi connectivity index (χ2n) is 3.89. The van der Waals surface area contributed by atoms with Crippen LogP contribution in [-0.2, 0) is 17.8 Å². The average molecular weight is 317 g/mol. The van der Waals surface area contributed by atoms with Crippen molar-refractivity contribution in [1.82, 2.24) is 9.55 Å². The van der Waals surface area contributed by atoms with Gasteiger partial charge in [0.05, 0.1) is 0 Å². The van der Waals surface area contributed by atoms with Crippen LogP contribution >= 0.6 is 11.6 Å². The molecule has 112 valence electrons. The molecular formula is C10H9ClF4N2O3. The number of aliphatic carboxylic acids is 1. The van der Waals surface area contributed by atoms with Crippen LogP contribution in [0.1, 0.15) is 18.7 Å². The van der Waals surface area contributed by atoms with Gasteiger partial charge in [-0.1, -0.05) is 11.6 Å². The summed E-state index contributed by atoms with van der Waals surface area (Å²) in [6.07, 6.45) is -6.29. The number of carboxylic acid groups (broad SMARTS) is 1. The van der Waals surface area contributed by atoms with E-state index in [1.54, 1.807) is 0 Å². The second kappa shape index (κ2) is 6.21. The van der Waals surface area contributed by atoms with Gasteiger partial charge in [0.2, 0.25) is 5.82 Å². The van der Waals surface area contributed by atoms with Crippen molar-refractivity contribution in [3.63, 3.8) is 0 Å². The summed E-state index contributed by atoms with van der Waals surface area (Å²) in [5.41, 5.74) is -1.32. The molecule has 1 heterocycles. The number of aromatic nitrogens is 2. The molecule has 1 rings (SSSR count). The molecule has 0 unspecified atom stereocenters. The molecule has 0 radical (unpaired) electrons. The van der Waals surface area contributed by atoms with E-state index in [1.165, 1.54) is 0 Å². The quantitative estimate of drug-likeness (QED) is 0.666. The highest BCUT2D eigenvalue weighted by molar-refractivity contribution is 6.29. The number of hydrogen-bond donors (Lipinski definition) is 1. The van der Waals surface area contributed by atoms with Crippen molar-refractivity contribution in [3.8, 4) is 0 Å². The number of rotatable bonds is 5. The van der Waals surface area contributed by atoms with Gasteiger partial charge in [-0.2, -0.15) is 17.6 Å². The summed E-state index contributed by atoms with van der Waals surface area (Å²) in [6.45, 7) is -0.902.